The van der Waals surface area contributed by atoms with E-state index in [1.807, 2.05) is 20.8 Å². The number of nitrogen functional groups attached to an aromatic ring is 2. The number of nitrogens with zero attached hydrogens (tertiary/aromatic N) is 4. The first-order valence-electron chi connectivity index (χ1n) is 11.4. The van der Waals surface area contributed by atoms with Crippen LogP contribution in [0.2, 0.25) is 0 Å². The predicted octanol–water partition coefficient (Wildman–Crippen LogP) is 5.00. The number of pyridine rings is 1. The lowest BCUT2D eigenvalue weighted by Crippen LogP contribution is -2.39. The van der Waals surface area contributed by atoms with Crippen LogP contribution in [-0.4, -0.2) is 51.4 Å². The number of piperidine rings is 1. The van der Waals surface area contributed by atoms with Crippen LogP contribution in [0.4, 0.5) is 29.3 Å². The van der Waals surface area contributed by atoms with Crippen molar-refractivity contribution < 1.29 is 27.4 Å². The van der Waals surface area contributed by atoms with Gasteiger partial charge in [0, 0.05) is 24.8 Å². The topological polar surface area (TPSA) is 121 Å². The van der Waals surface area contributed by atoms with Gasteiger partial charge >= 0.3 is 12.3 Å². The summed E-state index contributed by atoms with van der Waals surface area (Å²) in [5.41, 5.74) is 10.4. The Morgan fingerprint density at radius 2 is 1.67 bits per heavy atom. The first kappa shape index (κ1) is 26.9. The first-order valence-corrected chi connectivity index (χ1v) is 11.4. The lowest BCUT2D eigenvalue weighted by Gasteiger charge is -2.29. The van der Waals surface area contributed by atoms with Crippen LogP contribution in [-0.2, 0) is 10.9 Å². The summed E-state index contributed by atoms with van der Waals surface area (Å²) in [7, 11) is 1.40. The van der Waals surface area contributed by atoms with Crippen LogP contribution < -0.4 is 16.2 Å². The molecule has 3 heterocycles. The highest BCUT2D eigenvalue weighted by molar-refractivity contribution is 5.79. The summed E-state index contributed by atoms with van der Waals surface area (Å²) >= 11 is 0. The van der Waals surface area contributed by atoms with E-state index in [9.17, 15) is 18.0 Å². The largest absolute Gasteiger partial charge is 0.493 e. The number of ether oxygens (including phenoxy) is 2. The summed E-state index contributed by atoms with van der Waals surface area (Å²) in [6.07, 6.45) is 1.42. The van der Waals surface area contributed by atoms with Gasteiger partial charge in [0.2, 0.25) is 0 Å². The third kappa shape index (κ3) is 6.49. The molecule has 1 aromatic carbocycles. The lowest BCUT2D eigenvalue weighted by atomic mass is 9.98. The number of amides is 1. The van der Waals surface area contributed by atoms with Crippen molar-refractivity contribution in [2.75, 3.05) is 31.7 Å². The predicted molar refractivity (Wildman–Crippen MR) is 130 cm³/mol. The highest BCUT2D eigenvalue weighted by Crippen LogP contribution is 2.41. The number of halogens is 3. The summed E-state index contributed by atoms with van der Waals surface area (Å²) < 4.78 is 51.7. The normalized spacial score (nSPS) is 14.2. The molecule has 0 saturated carbocycles. The second kappa shape index (κ2) is 10.5. The van der Waals surface area contributed by atoms with Crippen LogP contribution in [0.5, 0.6) is 5.75 Å². The van der Waals surface area contributed by atoms with E-state index in [0.29, 0.717) is 11.4 Å². The molecule has 0 aliphatic carbocycles. The summed E-state index contributed by atoms with van der Waals surface area (Å²) in [6, 6.07) is 3.46. The number of rotatable bonds is 2. The van der Waals surface area contributed by atoms with Gasteiger partial charge in [0.15, 0.2) is 11.4 Å². The van der Waals surface area contributed by atoms with Gasteiger partial charge in [0.05, 0.1) is 24.0 Å². The minimum Gasteiger partial charge on any atom is -0.493 e. The van der Waals surface area contributed by atoms with Gasteiger partial charge in [-0.1, -0.05) is 0 Å². The van der Waals surface area contributed by atoms with E-state index in [4.69, 9.17) is 20.9 Å². The van der Waals surface area contributed by atoms with Crippen molar-refractivity contribution in [3.05, 3.63) is 36.3 Å². The van der Waals surface area contributed by atoms with Crippen molar-refractivity contribution in [2.24, 2.45) is 0 Å². The Morgan fingerprint density at radius 3 is 2.25 bits per heavy atom. The standard InChI is InChI=1S/C14H12F3N5O.C10H19NO2/c1-23-12-2-7(5-22-13(12)20-6-21-22)8-3-10(18)11(19)4-9(8)14(15,16)17;1-10(2,3)13-9(12)11-7-5-4-6-8-11/h2-6H,18-19H2,1H3;4-8H2,1-3H3. The van der Waals surface area contributed by atoms with Gasteiger partial charge in [-0.15, -0.1) is 0 Å². The van der Waals surface area contributed by atoms with Crippen molar-refractivity contribution in [1.29, 1.82) is 0 Å². The van der Waals surface area contributed by atoms with Gasteiger partial charge in [-0.2, -0.15) is 18.3 Å². The molecule has 0 radical (unpaired) electrons. The number of nitrogens with two attached hydrogens (primary N) is 2. The number of fused-ring (bicyclic) bond motifs is 1. The van der Waals surface area contributed by atoms with Crippen molar-refractivity contribution in [2.45, 2.75) is 51.8 Å². The van der Waals surface area contributed by atoms with Crippen LogP contribution >= 0.6 is 0 Å². The van der Waals surface area contributed by atoms with Crippen LogP contribution in [0.15, 0.2) is 30.7 Å². The first-order chi connectivity index (χ1) is 16.8. The highest BCUT2D eigenvalue weighted by atomic mass is 19.4. The molecule has 4 rings (SSSR count). The molecule has 4 N–H and O–H groups in total. The molecule has 0 bridgehead atoms. The maximum absolute atomic E-state index is 13.3. The minimum atomic E-state index is -4.58. The summed E-state index contributed by atoms with van der Waals surface area (Å²) in [5.74, 6) is 0.295. The number of hydrogen-bond donors (Lipinski definition) is 2. The van der Waals surface area contributed by atoms with E-state index < -0.39 is 11.7 Å². The SMILES string of the molecule is CC(C)(C)OC(=O)N1CCCCC1.COc1cc(-c2cc(N)c(N)cc2C(F)(F)F)cn2ncnc12. The molecule has 1 aliphatic heterocycles. The smallest absolute Gasteiger partial charge is 0.417 e. The number of carbonyl (C=O) groups is 1. The zero-order valence-corrected chi connectivity index (χ0v) is 20.7. The summed E-state index contributed by atoms with van der Waals surface area (Å²) in [5, 5.41) is 3.93. The average Bonchev–Trinajstić information content (AvgIpc) is 3.28. The molecule has 1 amide bonds. The zero-order chi connectivity index (χ0) is 26.7. The van der Waals surface area contributed by atoms with E-state index >= 15 is 0 Å². The Kier molecular flexibility index (Phi) is 7.85. The summed E-state index contributed by atoms with van der Waals surface area (Å²) in [6.45, 7) is 7.41. The van der Waals surface area contributed by atoms with Crippen LogP contribution in [0.25, 0.3) is 16.8 Å². The molecule has 0 atom stereocenters. The van der Waals surface area contributed by atoms with E-state index in [2.05, 4.69) is 10.1 Å². The monoisotopic (exact) mass is 508 g/mol. The van der Waals surface area contributed by atoms with E-state index in [1.165, 1.54) is 42.7 Å². The number of likely N-dealkylation sites (tertiary alicyclic amines) is 1. The van der Waals surface area contributed by atoms with Crippen molar-refractivity contribution >= 4 is 23.1 Å². The Labute approximate surface area is 207 Å². The second-order valence-corrected chi connectivity index (χ2v) is 9.38. The van der Waals surface area contributed by atoms with Gasteiger partial charge in [0.1, 0.15) is 11.9 Å². The number of benzene rings is 1. The molecule has 1 saturated heterocycles. The fourth-order valence-corrected chi connectivity index (χ4v) is 3.70. The number of carbonyl (C=O) groups excluding carboxylic acids is 1. The Hall–Kier alpha value is -3.70. The Morgan fingerprint density at radius 1 is 1.03 bits per heavy atom. The molecular formula is C24H31F3N6O3. The highest BCUT2D eigenvalue weighted by Gasteiger charge is 2.34. The number of hydrogen-bond acceptors (Lipinski definition) is 7. The molecule has 0 spiro atoms. The van der Waals surface area contributed by atoms with Crippen LogP contribution in [0, 0.1) is 0 Å². The van der Waals surface area contributed by atoms with Gasteiger partial charge in [-0.25, -0.2) is 14.3 Å². The zero-order valence-electron chi connectivity index (χ0n) is 20.7. The van der Waals surface area contributed by atoms with E-state index in [0.717, 1.165) is 32.0 Å². The molecule has 2 aromatic heterocycles. The molecule has 1 aliphatic rings. The van der Waals surface area contributed by atoms with Gasteiger partial charge in [-0.05, 0) is 63.8 Å². The molecule has 1 fully saturated rings. The molecular weight excluding hydrogens is 477 g/mol. The Bertz CT molecular complexity index is 1210. The van der Waals surface area contributed by atoms with Crippen LogP contribution in [0.3, 0.4) is 0 Å². The molecule has 12 heteroatoms. The number of alkyl halides is 3. The molecule has 36 heavy (non-hydrogen) atoms. The fourth-order valence-electron chi connectivity index (χ4n) is 3.70. The third-order valence-electron chi connectivity index (χ3n) is 5.41. The van der Waals surface area contributed by atoms with Gasteiger partial charge in [-0.3, -0.25) is 0 Å². The quantitative estimate of drug-likeness (QED) is 0.468. The van der Waals surface area contributed by atoms with Crippen molar-refractivity contribution in [1.82, 2.24) is 19.5 Å². The lowest BCUT2D eigenvalue weighted by molar-refractivity contribution is -0.137. The van der Waals surface area contributed by atoms with Gasteiger partial charge < -0.3 is 25.8 Å². The maximum Gasteiger partial charge on any atom is 0.417 e. The van der Waals surface area contributed by atoms with Crippen LogP contribution in [0.1, 0.15) is 45.6 Å². The molecule has 0 unspecified atom stereocenters. The van der Waals surface area contributed by atoms with Crippen molar-refractivity contribution in [3.8, 4) is 16.9 Å². The molecule has 196 valence electrons. The third-order valence-corrected chi connectivity index (χ3v) is 5.41. The fraction of sp³-hybridized carbons (Fsp3) is 0.458. The molecule has 3 aromatic rings. The van der Waals surface area contributed by atoms with Gasteiger partial charge in [0.25, 0.3) is 0 Å². The second-order valence-electron chi connectivity index (χ2n) is 9.38. The average molecular weight is 509 g/mol. The number of anilines is 2. The number of aromatic nitrogens is 3. The van der Waals surface area contributed by atoms with Crippen molar-refractivity contribution in [3.63, 3.8) is 0 Å². The van der Waals surface area contributed by atoms with E-state index in [-0.39, 0.29) is 34.2 Å². The Balaban J connectivity index is 0.000000236. The minimum absolute atomic E-state index is 0.0608. The maximum atomic E-state index is 13.3. The summed E-state index contributed by atoms with van der Waals surface area (Å²) in [4.78, 5) is 17.3. The molecule has 9 nitrogen and oxygen atoms in total. The van der Waals surface area contributed by atoms with E-state index in [1.54, 1.807) is 4.90 Å². The number of methoxy groups -OCH3 is 1.